The molecular formula is C23H23N5O3. The van der Waals surface area contributed by atoms with Crippen LogP contribution in [0.15, 0.2) is 72.3 Å². The van der Waals surface area contributed by atoms with E-state index in [9.17, 15) is 9.59 Å². The van der Waals surface area contributed by atoms with E-state index in [0.29, 0.717) is 35.5 Å². The van der Waals surface area contributed by atoms with Crippen molar-refractivity contribution >= 4 is 22.5 Å². The van der Waals surface area contributed by atoms with Crippen molar-refractivity contribution in [3.63, 3.8) is 0 Å². The molecule has 31 heavy (non-hydrogen) atoms. The fraction of sp³-hybridized carbons (Fsp3) is 0.217. The maximum Gasteiger partial charge on any atom is 0.261 e. The molecule has 0 spiro atoms. The summed E-state index contributed by atoms with van der Waals surface area (Å²) in [5, 5.41) is 3.43. The third-order valence-corrected chi connectivity index (χ3v) is 4.96. The molecule has 4 aromatic rings. The lowest BCUT2D eigenvalue weighted by molar-refractivity contribution is -0.116. The summed E-state index contributed by atoms with van der Waals surface area (Å²) in [5.74, 6) is 0.387. The third kappa shape index (κ3) is 4.80. The zero-order valence-corrected chi connectivity index (χ0v) is 17.2. The Morgan fingerprint density at radius 2 is 1.97 bits per heavy atom. The van der Waals surface area contributed by atoms with Crippen LogP contribution in [0.1, 0.15) is 12.0 Å². The van der Waals surface area contributed by atoms with Crippen molar-refractivity contribution < 1.29 is 9.53 Å². The minimum atomic E-state index is -0.207. The van der Waals surface area contributed by atoms with Gasteiger partial charge in [-0.3, -0.25) is 14.2 Å². The molecule has 1 N–H and O–H groups in total. The van der Waals surface area contributed by atoms with E-state index in [0.717, 1.165) is 5.56 Å². The van der Waals surface area contributed by atoms with Gasteiger partial charge in [-0.15, -0.1) is 0 Å². The van der Waals surface area contributed by atoms with Crippen molar-refractivity contribution in [2.24, 2.45) is 0 Å². The first-order chi connectivity index (χ1) is 15.1. The van der Waals surface area contributed by atoms with Crippen LogP contribution in [0.5, 0.6) is 5.75 Å². The first-order valence-corrected chi connectivity index (χ1v) is 10.0. The van der Waals surface area contributed by atoms with E-state index >= 15 is 0 Å². The number of rotatable bonds is 8. The van der Waals surface area contributed by atoms with Crippen LogP contribution in [0.3, 0.4) is 0 Å². The van der Waals surface area contributed by atoms with Gasteiger partial charge in [0.2, 0.25) is 5.91 Å². The van der Waals surface area contributed by atoms with Crippen molar-refractivity contribution in [1.82, 2.24) is 19.1 Å². The van der Waals surface area contributed by atoms with Gasteiger partial charge in [0, 0.05) is 25.4 Å². The molecule has 4 rings (SSSR count). The van der Waals surface area contributed by atoms with E-state index in [-0.39, 0.29) is 24.4 Å². The van der Waals surface area contributed by atoms with Crippen LogP contribution < -0.4 is 15.6 Å². The second-order valence-corrected chi connectivity index (χ2v) is 7.16. The Bertz CT molecular complexity index is 1250. The maximum absolute atomic E-state index is 12.7. The first-order valence-electron chi connectivity index (χ1n) is 10.0. The quantitative estimate of drug-likeness (QED) is 0.476. The monoisotopic (exact) mass is 417 g/mol. The van der Waals surface area contributed by atoms with E-state index in [2.05, 4.69) is 15.3 Å². The molecule has 0 aliphatic rings. The molecular weight excluding hydrogens is 394 g/mol. The fourth-order valence-electron chi connectivity index (χ4n) is 3.31. The minimum Gasteiger partial charge on any atom is -0.490 e. The van der Waals surface area contributed by atoms with Gasteiger partial charge >= 0.3 is 0 Å². The number of para-hydroxylation sites is 3. The molecule has 0 saturated heterocycles. The lowest BCUT2D eigenvalue weighted by Crippen LogP contribution is -2.24. The number of hydrogen-bond acceptors (Lipinski definition) is 5. The number of aryl methyl sites for hydroxylation is 2. The summed E-state index contributed by atoms with van der Waals surface area (Å²) in [5.41, 5.74) is 2.08. The molecule has 0 aliphatic carbocycles. The van der Waals surface area contributed by atoms with Gasteiger partial charge in [-0.05, 0) is 30.7 Å². The van der Waals surface area contributed by atoms with E-state index in [1.807, 2.05) is 48.0 Å². The zero-order valence-electron chi connectivity index (χ0n) is 17.2. The van der Waals surface area contributed by atoms with Gasteiger partial charge in [0.15, 0.2) is 0 Å². The lowest BCUT2D eigenvalue weighted by Gasteiger charge is -2.13. The number of carbonyl (C=O) groups excluding carboxylic acids is 1. The number of anilines is 1. The average molecular weight is 417 g/mol. The number of benzene rings is 2. The Morgan fingerprint density at radius 1 is 1.10 bits per heavy atom. The second kappa shape index (κ2) is 9.25. The fourth-order valence-corrected chi connectivity index (χ4v) is 3.31. The summed E-state index contributed by atoms with van der Waals surface area (Å²) >= 11 is 0. The number of ether oxygens (including phenoxy) is 1. The van der Waals surface area contributed by atoms with Gasteiger partial charge in [0.05, 0.1) is 35.8 Å². The molecule has 158 valence electrons. The molecule has 8 nitrogen and oxygen atoms in total. The van der Waals surface area contributed by atoms with Crippen molar-refractivity contribution in [2.75, 3.05) is 11.9 Å². The average Bonchev–Trinajstić information content (AvgIpc) is 3.29. The van der Waals surface area contributed by atoms with Crippen molar-refractivity contribution in [1.29, 1.82) is 0 Å². The Kier molecular flexibility index (Phi) is 6.07. The summed E-state index contributed by atoms with van der Waals surface area (Å²) in [6, 6.07) is 12.8. The van der Waals surface area contributed by atoms with E-state index < -0.39 is 0 Å². The van der Waals surface area contributed by atoms with Crippen LogP contribution in [0, 0.1) is 6.92 Å². The Morgan fingerprint density at radius 3 is 2.81 bits per heavy atom. The van der Waals surface area contributed by atoms with Crippen LogP contribution in [-0.4, -0.2) is 31.6 Å². The summed E-state index contributed by atoms with van der Waals surface area (Å²) in [4.78, 5) is 33.6. The Balaban J connectivity index is 1.38. The summed E-state index contributed by atoms with van der Waals surface area (Å²) in [6.07, 6.45) is 6.94. The molecule has 8 heteroatoms. The zero-order chi connectivity index (χ0) is 21.6. The molecule has 2 heterocycles. The highest BCUT2D eigenvalue weighted by Crippen LogP contribution is 2.24. The van der Waals surface area contributed by atoms with Crippen LogP contribution in [0.25, 0.3) is 10.9 Å². The van der Waals surface area contributed by atoms with Crippen LogP contribution in [0.2, 0.25) is 0 Å². The molecule has 0 unspecified atom stereocenters. The SMILES string of the molecule is Cc1cccc2c(=O)n(CCC(=O)Nc3ccccc3OCCn3ccnc3)cnc12. The molecule has 0 saturated carbocycles. The minimum absolute atomic E-state index is 0.141. The molecule has 1 amide bonds. The van der Waals surface area contributed by atoms with Gasteiger partial charge < -0.3 is 14.6 Å². The lowest BCUT2D eigenvalue weighted by atomic mass is 10.1. The van der Waals surface area contributed by atoms with E-state index in [1.54, 1.807) is 24.7 Å². The van der Waals surface area contributed by atoms with Crippen LogP contribution in [-0.2, 0) is 17.9 Å². The smallest absolute Gasteiger partial charge is 0.261 e. The predicted octanol–water partition coefficient (Wildman–Crippen LogP) is 3.01. The molecule has 0 fully saturated rings. The van der Waals surface area contributed by atoms with E-state index in [1.165, 1.54) is 10.9 Å². The number of fused-ring (bicyclic) bond motifs is 1. The van der Waals surface area contributed by atoms with Gasteiger partial charge in [-0.25, -0.2) is 9.97 Å². The molecule has 0 bridgehead atoms. The van der Waals surface area contributed by atoms with Crippen LogP contribution >= 0.6 is 0 Å². The molecule has 0 atom stereocenters. The Hall–Kier alpha value is -3.94. The highest BCUT2D eigenvalue weighted by molar-refractivity contribution is 5.92. The normalized spacial score (nSPS) is 10.9. The van der Waals surface area contributed by atoms with Crippen LogP contribution in [0.4, 0.5) is 5.69 Å². The molecule has 2 aromatic carbocycles. The number of imidazole rings is 1. The maximum atomic E-state index is 12.7. The number of nitrogens with one attached hydrogen (secondary N) is 1. The van der Waals surface area contributed by atoms with Crippen molar-refractivity contribution in [3.05, 3.63) is 83.4 Å². The third-order valence-electron chi connectivity index (χ3n) is 4.96. The Labute approximate surface area is 179 Å². The number of hydrogen-bond donors (Lipinski definition) is 1. The van der Waals surface area contributed by atoms with Gasteiger partial charge in [-0.2, -0.15) is 0 Å². The summed E-state index contributed by atoms with van der Waals surface area (Å²) in [7, 11) is 0. The predicted molar refractivity (Wildman–Crippen MR) is 118 cm³/mol. The number of carbonyl (C=O) groups is 1. The summed E-state index contributed by atoms with van der Waals surface area (Å²) < 4.78 is 9.21. The van der Waals surface area contributed by atoms with Crippen molar-refractivity contribution in [3.8, 4) is 5.75 Å². The topological polar surface area (TPSA) is 91.0 Å². The molecule has 0 radical (unpaired) electrons. The highest BCUT2D eigenvalue weighted by atomic mass is 16.5. The molecule has 0 aliphatic heterocycles. The highest BCUT2D eigenvalue weighted by Gasteiger charge is 2.10. The second-order valence-electron chi connectivity index (χ2n) is 7.16. The van der Waals surface area contributed by atoms with Crippen molar-refractivity contribution in [2.45, 2.75) is 26.4 Å². The van der Waals surface area contributed by atoms with Gasteiger partial charge in [0.1, 0.15) is 12.4 Å². The summed E-state index contributed by atoms with van der Waals surface area (Å²) in [6.45, 7) is 3.26. The number of amides is 1. The standard InChI is InChI=1S/C23H23N5O3/c1-17-5-4-6-18-22(17)25-16-28(23(18)30)11-9-21(29)26-19-7-2-3-8-20(19)31-14-13-27-12-10-24-15-27/h2-8,10,12,15-16H,9,11,13-14H2,1H3,(H,26,29). The van der Waals surface area contributed by atoms with Gasteiger partial charge in [-0.1, -0.05) is 24.3 Å². The largest absolute Gasteiger partial charge is 0.490 e. The number of aromatic nitrogens is 4. The first kappa shape index (κ1) is 20.3. The van der Waals surface area contributed by atoms with Gasteiger partial charge in [0.25, 0.3) is 5.56 Å². The number of nitrogens with zero attached hydrogens (tertiary/aromatic N) is 4. The van der Waals surface area contributed by atoms with E-state index in [4.69, 9.17) is 4.74 Å². The molecule has 2 aromatic heterocycles.